The van der Waals surface area contributed by atoms with E-state index in [1.807, 2.05) is 30.3 Å². The van der Waals surface area contributed by atoms with Gasteiger partial charge in [-0.3, -0.25) is 10.3 Å². The Balaban J connectivity index is 1.70. The van der Waals surface area contributed by atoms with Crippen molar-refractivity contribution in [2.24, 2.45) is 4.99 Å². The van der Waals surface area contributed by atoms with Crippen molar-refractivity contribution in [2.45, 2.75) is 37.9 Å². The number of aromatic hydroxyl groups is 1. The second-order valence-corrected chi connectivity index (χ2v) is 7.93. The Bertz CT molecular complexity index is 826. The highest BCUT2D eigenvalue weighted by atomic mass is 35.5. The minimum Gasteiger partial charge on any atom is -0.507 e. The molecule has 2 heterocycles. The third kappa shape index (κ3) is 3.88. The number of likely N-dealkylation sites (tertiary alicyclic amines) is 1. The smallest absolute Gasteiger partial charge is 0.124 e. The van der Waals surface area contributed by atoms with Gasteiger partial charge < -0.3 is 10.0 Å². The molecule has 1 unspecified atom stereocenters. The van der Waals surface area contributed by atoms with Gasteiger partial charge in [-0.1, -0.05) is 42.8 Å². The van der Waals surface area contributed by atoms with Gasteiger partial charge in [0.2, 0.25) is 0 Å². The highest BCUT2D eigenvalue weighted by Gasteiger charge is 2.40. The number of hydrogen-bond acceptors (Lipinski definition) is 4. The predicted molar refractivity (Wildman–Crippen MR) is 111 cm³/mol. The molecule has 2 aliphatic heterocycles. The van der Waals surface area contributed by atoms with E-state index in [4.69, 9.17) is 16.6 Å². The fourth-order valence-electron chi connectivity index (χ4n) is 4.18. The lowest BCUT2D eigenvalue weighted by atomic mass is 9.87. The van der Waals surface area contributed by atoms with Crippen LogP contribution in [0.15, 0.2) is 53.5 Å². The van der Waals surface area contributed by atoms with Gasteiger partial charge in [0.05, 0.1) is 0 Å². The molecule has 1 atom stereocenters. The van der Waals surface area contributed by atoms with Crippen molar-refractivity contribution >= 4 is 17.3 Å². The van der Waals surface area contributed by atoms with E-state index in [0.717, 1.165) is 55.2 Å². The fourth-order valence-corrected chi connectivity index (χ4v) is 4.31. The molecule has 4 nitrogen and oxygen atoms in total. The first-order chi connectivity index (χ1) is 13.1. The van der Waals surface area contributed by atoms with Crippen molar-refractivity contribution in [3.8, 4) is 5.75 Å². The molecule has 1 fully saturated rings. The molecule has 5 heteroatoms. The highest BCUT2D eigenvalue weighted by Crippen LogP contribution is 2.36. The average molecular weight is 384 g/mol. The molecule has 1 spiro atoms. The lowest BCUT2D eigenvalue weighted by molar-refractivity contribution is 0.129. The van der Waals surface area contributed by atoms with E-state index in [2.05, 4.69) is 29.3 Å². The maximum Gasteiger partial charge on any atom is 0.124 e. The molecule has 0 aliphatic carbocycles. The lowest BCUT2D eigenvalue weighted by Crippen LogP contribution is -2.56. The van der Waals surface area contributed by atoms with Crippen LogP contribution in [-0.2, 0) is 0 Å². The van der Waals surface area contributed by atoms with Crippen molar-refractivity contribution in [1.82, 2.24) is 10.2 Å². The van der Waals surface area contributed by atoms with Crippen molar-refractivity contribution in [3.05, 3.63) is 64.7 Å². The molecule has 0 saturated carbocycles. The van der Waals surface area contributed by atoms with E-state index in [1.165, 1.54) is 5.56 Å². The number of aliphatic imine (C=N–C) groups is 1. The Hall–Kier alpha value is -1.88. The summed E-state index contributed by atoms with van der Waals surface area (Å²) in [7, 11) is 0. The van der Waals surface area contributed by atoms with Crippen LogP contribution < -0.4 is 5.32 Å². The van der Waals surface area contributed by atoms with Crippen LogP contribution in [0.2, 0.25) is 5.02 Å². The topological polar surface area (TPSA) is 47.9 Å². The first kappa shape index (κ1) is 18.5. The van der Waals surface area contributed by atoms with Gasteiger partial charge in [0.1, 0.15) is 11.4 Å². The summed E-state index contributed by atoms with van der Waals surface area (Å²) in [4.78, 5) is 7.62. The zero-order valence-corrected chi connectivity index (χ0v) is 16.4. The summed E-state index contributed by atoms with van der Waals surface area (Å²) < 4.78 is 0. The summed E-state index contributed by atoms with van der Waals surface area (Å²) in [6.45, 7) is 5.36. The van der Waals surface area contributed by atoms with Gasteiger partial charge in [0.25, 0.3) is 0 Å². The Labute approximate surface area is 165 Å². The molecule has 2 N–H and O–H groups in total. The normalized spacial score (nSPS) is 22.6. The van der Waals surface area contributed by atoms with E-state index in [0.29, 0.717) is 5.75 Å². The predicted octanol–water partition coefficient (Wildman–Crippen LogP) is 4.38. The number of phenols is 1. The zero-order chi connectivity index (χ0) is 18.9. The Morgan fingerprint density at radius 1 is 1.15 bits per heavy atom. The van der Waals surface area contributed by atoms with Gasteiger partial charge in [-0.15, -0.1) is 0 Å². The van der Waals surface area contributed by atoms with Crippen LogP contribution in [0.5, 0.6) is 5.75 Å². The molecule has 2 aromatic rings. The number of benzene rings is 2. The number of hydrogen-bond donors (Lipinski definition) is 2. The maximum atomic E-state index is 10.4. The van der Waals surface area contributed by atoms with Crippen LogP contribution in [-0.4, -0.2) is 41.0 Å². The second kappa shape index (κ2) is 7.63. The van der Waals surface area contributed by atoms with E-state index in [9.17, 15) is 5.11 Å². The van der Waals surface area contributed by atoms with Gasteiger partial charge in [-0.2, -0.15) is 0 Å². The van der Waals surface area contributed by atoms with Crippen LogP contribution >= 0.6 is 11.6 Å². The number of piperidine rings is 1. The molecule has 1 saturated heterocycles. The largest absolute Gasteiger partial charge is 0.507 e. The number of para-hydroxylation sites is 1. The molecule has 0 bridgehead atoms. The summed E-state index contributed by atoms with van der Waals surface area (Å²) in [5, 5.41) is 15.0. The monoisotopic (exact) mass is 383 g/mol. The third-order valence-corrected chi connectivity index (χ3v) is 6.06. The number of nitrogens with one attached hydrogen (secondary N) is 1. The second-order valence-electron chi connectivity index (χ2n) is 7.49. The van der Waals surface area contributed by atoms with E-state index >= 15 is 0 Å². The summed E-state index contributed by atoms with van der Waals surface area (Å²) in [5.41, 5.74) is 2.76. The minimum absolute atomic E-state index is 0.155. The van der Waals surface area contributed by atoms with E-state index < -0.39 is 0 Å². The number of halogens is 1. The summed E-state index contributed by atoms with van der Waals surface area (Å²) in [6, 6.07) is 15.7. The van der Waals surface area contributed by atoms with Gasteiger partial charge in [0.15, 0.2) is 0 Å². The molecule has 0 aromatic heterocycles. The standard InChI is InChI=1S/C22H26ClN3O/c1-2-26-13-11-22(12-14-26)24-19(16-7-9-17(23)10-8-16)15-20(25-22)18-5-3-4-6-21(18)27/h3-10,19,24,27H,2,11-15H2,1H3. The number of phenolic OH excluding ortho intramolecular Hbond substituents is 1. The Morgan fingerprint density at radius 3 is 2.52 bits per heavy atom. The average Bonchev–Trinajstić information content (AvgIpc) is 2.69. The first-order valence-electron chi connectivity index (χ1n) is 9.71. The first-order valence-corrected chi connectivity index (χ1v) is 10.1. The van der Waals surface area contributed by atoms with Crippen LogP contribution in [0.4, 0.5) is 0 Å². The van der Waals surface area contributed by atoms with Crippen LogP contribution in [0.1, 0.15) is 43.4 Å². The van der Waals surface area contributed by atoms with Crippen LogP contribution in [0.25, 0.3) is 0 Å². The van der Waals surface area contributed by atoms with Gasteiger partial charge in [0, 0.05) is 41.8 Å². The van der Waals surface area contributed by atoms with E-state index in [1.54, 1.807) is 6.07 Å². The number of rotatable bonds is 3. The number of nitrogens with zero attached hydrogens (tertiary/aromatic N) is 2. The molecular formula is C22H26ClN3O. The zero-order valence-electron chi connectivity index (χ0n) is 15.7. The molecule has 142 valence electrons. The summed E-state index contributed by atoms with van der Waals surface area (Å²) in [6.07, 6.45) is 2.70. The summed E-state index contributed by atoms with van der Waals surface area (Å²) >= 11 is 6.09. The SMILES string of the molecule is CCN1CCC2(CC1)N=C(c1ccccc1O)CC(c1ccc(Cl)cc1)N2. The van der Waals surface area contributed by atoms with E-state index in [-0.39, 0.29) is 11.7 Å². The third-order valence-electron chi connectivity index (χ3n) is 5.81. The van der Waals surface area contributed by atoms with Gasteiger partial charge in [-0.05, 0) is 49.2 Å². The Morgan fingerprint density at radius 2 is 1.85 bits per heavy atom. The van der Waals surface area contributed by atoms with Crippen molar-refractivity contribution in [1.29, 1.82) is 0 Å². The van der Waals surface area contributed by atoms with Crippen molar-refractivity contribution in [2.75, 3.05) is 19.6 Å². The molecule has 27 heavy (non-hydrogen) atoms. The van der Waals surface area contributed by atoms with Gasteiger partial charge >= 0.3 is 0 Å². The molecule has 0 radical (unpaired) electrons. The fraction of sp³-hybridized carbons (Fsp3) is 0.409. The summed E-state index contributed by atoms with van der Waals surface area (Å²) in [5.74, 6) is 0.300. The van der Waals surface area contributed by atoms with Crippen molar-refractivity contribution < 1.29 is 5.11 Å². The molecule has 2 aromatic carbocycles. The molecule has 4 rings (SSSR count). The maximum absolute atomic E-state index is 10.4. The van der Waals surface area contributed by atoms with Crippen LogP contribution in [0.3, 0.4) is 0 Å². The Kier molecular flexibility index (Phi) is 5.22. The molecule has 2 aliphatic rings. The quantitative estimate of drug-likeness (QED) is 0.826. The molecule has 0 amide bonds. The lowest BCUT2D eigenvalue weighted by Gasteiger charge is -2.45. The molecular weight excluding hydrogens is 358 g/mol. The van der Waals surface area contributed by atoms with Crippen molar-refractivity contribution in [3.63, 3.8) is 0 Å². The minimum atomic E-state index is -0.272. The van der Waals surface area contributed by atoms with Gasteiger partial charge in [-0.25, -0.2) is 0 Å². The highest BCUT2D eigenvalue weighted by molar-refractivity contribution is 6.30. The van der Waals surface area contributed by atoms with Crippen LogP contribution in [0, 0.1) is 0 Å².